The number of ether oxygens (including phenoxy) is 6. The van der Waals surface area contributed by atoms with Gasteiger partial charge >= 0.3 is 11.9 Å². The molecule has 14 aromatic carbocycles. The summed E-state index contributed by atoms with van der Waals surface area (Å²) < 4.78 is 40.1. The van der Waals surface area contributed by atoms with Gasteiger partial charge in [-0.05, 0) is 134 Å². The number of esters is 2. The number of rotatable bonds is 0. The van der Waals surface area contributed by atoms with Gasteiger partial charge in [-0.1, -0.05) is 255 Å². The molecule has 14 aromatic rings. The molecule has 0 amide bonds. The molecule has 0 aromatic heterocycles. The minimum Gasteiger partial charge on any atom is -0.488 e. The average Bonchev–Trinajstić information content (AvgIpc) is 0.777. The molecule has 10 bridgehead atoms. The van der Waals surface area contributed by atoms with Crippen molar-refractivity contribution >= 4 is 55.0 Å². The van der Waals surface area contributed by atoms with Gasteiger partial charge in [0.25, 0.3) is 0 Å². The summed E-state index contributed by atoms with van der Waals surface area (Å²) in [6.07, 6.45) is 0. The predicted molar refractivity (Wildman–Crippen MR) is 366 cm³/mol. The quantitative estimate of drug-likeness (QED) is 0.139. The van der Waals surface area contributed by atoms with Crippen LogP contribution in [0, 0.1) is 0 Å². The van der Waals surface area contributed by atoms with E-state index in [-0.39, 0.29) is 39.6 Å². The summed E-state index contributed by atoms with van der Waals surface area (Å²) in [5, 5.41) is 8.40. The zero-order valence-corrected chi connectivity index (χ0v) is 50.1. The van der Waals surface area contributed by atoms with Gasteiger partial charge < -0.3 is 28.4 Å². The molecule has 8 aliphatic rings. The van der Waals surface area contributed by atoms with Crippen LogP contribution in [0.15, 0.2) is 279 Å². The van der Waals surface area contributed by atoms with E-state index in [4.69, 9.17) is 28.4 Å². The highest BCUT2D eigenvalue weighted by atomic mass is 16.6. The van der Waals surface area contributed by atoms with E-state index < -0.39 is 11.9 Å². The molecule has 92 heavy (non-hydrogen) atoms. The number of carbonyl (C=O) groups is 2. The average molecular weight is 1200 g/mol. The van der Waals surface area contributed by atoms with Crippen molar-refractivity contribution in [1.82, 2.24) is 0 Å². The smallest absolute Gasteiger partial charge is 0.339 e. The number of hydrogen-bond donors (Lipinski definition) is 0. The van der Waals surface area contributed by atoms with E-state index in [0.29, 0.717) is 56.4 Å². The summed E-state index contributed by atoms with van der Waals surface area (Å²) in [7, 11) is 0. The van der Waals surface area contributed by atoms with Crippen LogP contribution >= 0.6 is 0 Å². The Morgan fingerprint density at radius 1 is 0.207 bits per heavy atom. The fourth-order valence-corrected chi connectivity index (χ4v) is 13.2. The van der Waals surface area contributed by atoms with Crippen LogP contribution in [0.2, 0.25) is 0 Å². The number of fused-ring (bicyclic) bond motifs is 4. The third kappa shape index (κ3) is 10.5. The maximum Gasteiger partial charge on any atom is 0.339 e. The maximum absolute atomic E-state index is 15.0. The van der Waals surface area contributed by atoms with E-state index in [9.17, 15) is 0 Å². The second-order valence-corrected chi connectivity index (χ2v) is 23.3. The topological polar surface area (TPSA) is 89.5 Å². The Hall–Kier alpha value is -11.7. The number of benzene rings is 14. The molecular weight excluding hydrogens is 1140 g/mol. The van der Waals surface area contributed by atoms with Crippen LogP contribution < -0.4 is 18.9 Å². The van der Waals surface area contributed by atoms with Crippen LogP contribution in [0.5, 0.6) is 23.0 Å². The van der Waals surface area contributed by atoms with Crippen molar-refractivity contribution in [3.8, 4) is 89.8 Å². The van der Waals surface area contributed by atoms with Crippen LogP contribution in [0.25, 0.3) is 110 Å². The van der Waals surface area contributed by atoms with E-state index >= 15 is 9.59 Å². The lowest BCUT2D eigenvalue weighted by molar-refractivity contribution is 0.0267. The van der Waals surface area contributed by atoms with Gasteiger partial charge in [-0.3, -0.25) is 0 Å². The summed E-state index contributed by atoms with van der Waals surface area (Å²) >= 11 is 0. The molecule has 22 rings (SSSR count). The molecule has 8 nitrogen and oxygen atoms in total. The highest BCUT2D eigenvalue weighted by molar-refractivity contribution is 6.12. The highest BCUT2D eigenvalue weighted by Crippen LogP contribution is 2.49. The van der Waals surface area contributed by atoms with Crippen molar-refractivity contribution in [2.24, 2.45) is 0 Å². The zero-order chi connectivity index (χ0) is 61.5. The van der Waals surface area contributed by atoms with Crippen LogP contribution in [-0.2, 0) is 35.9 Å². The van der Waals surface area contributed by atoms with Crippen molar-refractivity contribution in [2.75, 3.05) is 13.2 Å². The summed E-state index contributed by atoms with van der Waals surface area (Å²) in [6, 6.07) is 94.3. The standard InChI is InChI=1S/C84H58O8/c85-83-77-65-19-9-21-67(77)63-35-27-55(28-36-63)51-91-75-45-41-59-13-3-7-17-71(59)81(75)82-72-18-8-4-14-60(72)42-46-76(82)92-52-56-29-37-64(38-30-56)68-22-10-20-66(78(68)84(86)88-48-47-87-83)62-33-25-54(26-34-62)50-90-74-44-40-58-12-2-6-16-70(58)80(74)79-69-15-5-1-11-57(69)39-43-73(79)89-49-53-23-31-61(65)32-24-53/h1-46H,47-52H2. The summed E-state index contributed by atoms with van der Waals surface area (Å²) in [5.41, 5.74) is 14.1. The molecule has 0 N–H and O–H groups in total. The first-order valence-corrected chi connectivity index (χ1v) is 31.0. The zero-order valence-electron chi connectivity index (χ0n) is 50.1. The second-order valence-electron chi connectivity index (χ2n) is 23.3. The lowest BCUT2D eigenvalue weighted by atomic mass is 9.91. The largest absolute Gasteiger partial charge is 0.488 e. The van der Waals surface area contributed by atoms with Gasteiger partial charge in [-0.25, -0.2) is 9.59 Å². The molecule has 442 valence electrons. The normalized spacial score (nSPS) is 13.3. The summed E-state index contributed by atoms with van der Waals surface area (Å²) in [6.45, 7) is 0.662. The fraction of sp³-hybridized carbons (Fsp3) is 0.0714. The van der Waals surface area contributed by atoms with E-state index in [1.807, 2.05) is 133 Å². The van der Waals surface area contributed by atoms with Crippen molar-refractivity contribution in [3.05, 3.63) is 312 Å². The van der Waals surface area contributed by atoms with Crippen LogP contribution in [0.4, 0.5) is 0 Å². The van der Waals surface area contributed by atoms with Gasteiger partial charge in [0.05, 0.1) is 11.1 Å². The Morgan fingerprint density at radius 2 is 0.446 bits per heavy atom. The van der Waals surface area contributed by atoms with E-state index in [2.05, 4.69) is 146 Å². The van der Waals surface area contributed by atoms with Gasteiger partial charge in [0.15, 0.2) is 0 Å². The Labute approximate surface area is 532 Å². The van der Waals surface area contributed by atoms with Gasteiger partial charge in [-0.15, -0.1) is 0 Å². The summed E-state index contributed by atoms with van der Waals surface area (Å²) in [4.78, 5) is 30.0. The monoisotopic (exact) mass is 1190 g/mol. The van der Waals surface area contributed by atoms with E-state index in [1.165, 1.54) is 0 Å². The molecule has 8 aliphatic heterocycles. The van der Waals surface area contributed by atoms with Gasteiger partial charge in [0.2, 0.25) is 0 Å². The molecule has 8 heteroatoms. The lowest BCUT2D eigenvalue weighted by Crippen LogP contribution is -2.16. The van der Waals surface area contributed by atoms with Crippen molar-refractivity contribution in [1.29, 1.82) is 0 Å². The molecule has 0 radical (unpaired) electrons. The highest BCUT2D eigenvalue weighted by Gasteiger charge is 2.26. The van der Waals surface area contributed by atoms with Crippen LogP contribution in [-0.4, -0.2) is 25.2 Å². The van der Waals surface area contributed by atoms with Crippen LogP contribution in [0.1, 0.15) is 43.0 Å². The number of carbonyl (C=O) groups excluding carboxylic acids is 2. The van der Waals surface area contributed by atoms with Gasteiger partial charge in [-0.2, -0.15) is 0 Å². The van der Waals surface area contributed by atoms with E-state index in [1.54, 1.807) is 0 Å². The molecule has 0 saturated carbocycles. The third-order valence-electron chi connectivity index (χ3n) is 17.8. The SMILES string of the molecule is O=C1OCCOC(=O)c2c3cccc2-c2ccc(cc2)COc2ccc4ccccc4c2-c2c(ccc4ccccc24)OCc2ccc(cc2)-c2cccc(c21)-c1ccc(cc1)COc1ccc2ccccc2c1-c1c(ccc2ccccc12)OCc1ccc-3cc1. The van der Waals surface area contributed by atoms with Crippen molar-refractivity contribution < 1.29 is 38.0 Å². The second kappa shape index (κ2) is 24.0. The lowest BCUT2D eigenvalue weighted by Gasteiger charge is -2.20. The molecule has 0 atom stereocenters. The minimum atomic E-state index is -0.558. The van der Waals surface area contributed by atoms with Crippen LogP contribution in [0.3, 0.4) is 0 Å². The minimum absolute atomic E-state index is 0.197. The van der Waals surface area contributed by atoms with Gasteiger partial charge in [0, 0.05) is 22.3 Å². The Kier molecular flexibility index (Phi) is 14.5. The van der Waals surface area contributed by atoms with Gasteiger partial charge in [0.1, 0.15) is 62.6 Å². The molecule has 0 fully saturated rings. The molecule has 0 spiro atoms. The Balaban J connectivity index is 0.859. The molecule has 0 aliphatic carbocycles. The first-order valence-electron chi connectivity index (χ1n) is 31.0. The third-order valence-corrected chi connectivity index (χ3v) is 17.8. The molecule has 0 saturated heterocycles. The molecule has 0 unspecified atom stereocenters. The summed E-state index contributed by atoms with van der Waals surface area (Å²) in [5.74, 6) is 1.73. The maximum atomic E-state index is 15.0. The fourth-order valence-electron chi connectivity index (χ4n) is 13.2. The Bertz CT molecular complexity index is 4560. The first-order chi connectivity index (χ1) is 45.4. The molecule has 8 heterocycles. The van der Waals surface area contributed by atoms with Crippen molar-refractivity contribution in [2.45, 2.75) is 26.4 Å². The van der Waals surface area contributed by atoms with Crippen molar-refractivity contribution in [3.63, 3.8) is 0 Å². The first kappa shape index (κ1) is 55.6. The number of hydrogen-bond acceptors (Lipinski definition) is 8. The molecular formula is C84H58O8. The predicted octanol–water partition coefficient (Wildman–Crippen LogP) is 20.3. The van der Waals surface area contributed by atoms with E-state index in [0.717, 1.165) is 110 Å². The Morgan fingerprint density at radius 3 is 0.696 bits per heavy atom.